The third kappa shape index (κ3) is 3.19. The molecule has 1 atom stereocenters. The van der Waals surface area contributed by atoms with Gasteiger partial charge in [0, 0.05) is 13.1 Å². The molecular weight excluding hydrogens is 212 g/mol. The molecule has 1 saturated carbocycles. The van der Waals surface area contributed by atoms with Crippen LogP contribution < -0.4 is 4.90 Å². The fourth-order valence-electron chi connectivity index (χ4n) is 2.02. The molecule has 0 radical (unpaired) electrons. The Kier molecular flexibility index (Phi) is 4.00. The fourth-order valence-corrected chi connectivity index (χ4v) is 2.02. The first-order valence-electron chi connectivity index (χ1n) is 6.63. The molecule has 0 spiro atoms. The Labute approximate surface area is 103 Å². The van der Waals surface area contributed by atoms with E-state index in [-0.39, 0.29) is 0 Å². The number of aliphatic hydroxyl groups excluding tert-OH is 1. The highest BCUT2D eigenvalue weighted by Gasteiger charge is 2.24. The number of aromatic nitrogens is 1. The van der Waals surface area contributed by atoms with E-state index in [1.807, 2.05) is 19.2 Å². The van der Waals surface area contributed by atoms with E-state index >= 15 is 0 Å². The lowest BCUT2D eigenvalue weighted by atomic mass is 10.2. The van der Waals surface area contributed by atoms with Gasteiger partial charge < -0.3 is 10.0 Å². The SMILES string of the molecule is CC[C@H](O)c1ccc(N(CC)CC2CC2)cn1. The van der Waals surface area contributed by atoms with E-state index in [9.17, 15) is 5.11 Å². The maximum Gasteiger partial charge on any atom is 0.0957 e. The molecule has 1 aliphatic rings. The smallest absolute Gasteiger partial charge is 0.0957 e. The average molecular weight is 234 g/mol. The summed E-state index contributed by atoms with van der Waals surface area (Å²) in [6.45, 7) is 6.31. The van der Waals surface area contributed by atoms with Gasteiger partial charge in [0.1, 0.15) is 0 Å². The van der Waals surface area contributed by atoms with Crippen LogP contribution in [0.15, 0.2) is 18.3 Å². The van der Waals surface area contributed by atoms with Gasteiger partial charge in [-0.2, -0.15) is 0 Å². The van der Waals surface area contributed by atoms with E-state index < -0.39 is 6.10 Å². The summed E-state index contributed by atoms with van der Waals surface area (Å²) in [5.41, 5.74) is 1.95. The zero-order valence-corrected chi connectivity index (χ0v) is 10.8. The Bertz CT molecular complexity index is 346. The summed E-state index contributed by atoms with van der Waals surface area (Å²) in [6.07, 6.45) is 4.92. The zero-order valence-electron chi connectivity index (χ0n) is 10.8. The number of nitrogens with zero attached hydrogens (tertiary/aromatic N) is 2. The van der Waals surface area contributed by atoms with Gasteiger partial charge in [0.25, 0.3) is 0 Å². The van der Waals surface area contributed by atoms with Crippen LogP contribution in [0.1, 0.15) is 44.9 Å². The van der Waals surface area contributed by atoms with Crippen LogP contribution in [0.25, 0.3) is 0 Å². The van der Waals surface area contributed by atoms with Crippen LogP contribution in [0.2, 0.25) is 0 Å². The normalized spacial score (nSPS) is 16.9. The molecule has 1 aromatic rings. The van der Waals surface area contributed by atoms with Gasteiger partial charge in [0.05, 0.1) is 23.7 Å². The average Bonchev–Trinajstić information content (AvgIpc) is 3.19. The maximum atomic E-state index is 9.70. The number of aliphatic hydroxyl groups is 1. The second kappa shape index (κ2) is 5.50. The number of anilines is 1. The highest BCUT2D eigenvalue weighted by atomic mass is 16.3. The molecule has 0 amide bonds. The van der Waals surface area contributed by atoms with Crippen molar-refractivity contribution in [3.8, 4) is 0 Å². The van der Waals surface area contributed by atoms with Crippen molar-refractivity contribution in [2.45, 2.75) is 39.2 Å². The number of rotatable bonds is 6. The molecule has 2 rings (SSSR count). The summed E-state index contributed by atoms with van der Waals surface area (Å²) in [5, 5.41) is 9.70. The van der Waals surface area contributed by atoms with Crippen LogP contribution in [-0.4, -0.2) is 23.2 Å². The minimum absolute atomic E-state index is 0.428. The summed E-state index contributed by atoms with van der Waals surface area (Å²) in [6, 6.07) is 4.02. The summed E-state index contributed by atoms with van der Waals surface area (Å²) in [4.78, 5) is 6.72. The lowest BCUT2D eigenvalue weighted by Crippen LogP contribution is -2.25. The fraction of sp³-hybridized carbons (Fsp3) is 0.643. The van der Waals surface area contributed by atoms with Crippen LogP contribution in [0.5, 0.6) is 0 Å². The van der Waals surface area contributed by atoms with Crippen LogP contribution in [0.4, 0.5) is 5.69 Å². The molecule has 94 valence electrons. The van der Waals surface area contributed by atoms with Crippen molar-refractivity contribution in [2.75, 3.05) is 18.0 Å². The summed E-state index contributed by atoms with van der Waals surface area (Å²) in [7, 11) is 0. The van der Waals surface area contributed by atoms with Crippen molar-refractivity contribution in [1.82, 2.24) is 4.98 Å². The molecule has 3 nitrogen and oxygen atoms in total. The molecule has 1 fully saturated rings. The Morgan fingerprint density at radius 2 is 2.18 bits per heavy atom. The quantitative estimate of drug-likeness (QED) is 0.822. The van der Waals surface area contributed by atoms with Gasteiger partial charge in [-0.1, -0.05) is 6.92 Å². The van der Waals surface area contributed by atoms with Gasteiger partial charge in [-0.3, -0.25) is 4.98 Å². The van der Waals surface area contributed by atoms with Crippen molar-refractivity contribution < 1.29 is 5.11 Å². The van der Waals surface area contributed by atoms with Gasteiger partial charge in [-0.25, -0.2) is 0 Å². The molecule has 0 aliphatic heterocycles. The molecule has 3 heteroatoms. The molecule has 0 saturated heterocycles. The van der Waals surface area contributed by atoms with Crippen LogP contribution in [0, 0.1) is 5.92 Å². The Hall–Kier alpha value is -1.09. The molecule has 0 bridgehead atoms. The highest BCUT2D eigenvalue weighted by molar-refractivity contribution is 5.44. The minimum Gasteiger partial charge on any atom is -0.387 e. The van der Waals surface area contributed by atoms with E-state index in [1.165, 1.54) is 18.5 Å². The predicted molar refractivity (Wildman–Crippen MR) is 70.1 cm³/mol. The zero-order chi connectivity index (χ0) is 12.3. The van der Waals surface area contributed by atoms with E-state index in [1.54, 1.807) is 0 Å². The second-order valence-electron chi connectivity index (χ2n) is 4.85. The third-order valence-corrected chi connectivity index (χ3v) is 3.42. The van der Waals surface area contributed by atoms with Crippen molar-refractivity contribution in [3.63, 3.8) is 0 Å². The maximum absolute atomic E-state index is 9.70. The first-order chi connectivity index (χ1) is 8.24. The number of pyridine rings is 1. The van der Waals surface area contributed by atoms with Gasteiger partial charge in [-0.05, 0) is 44.2 Å². The topological polar surface area (TPSA) is 36.4 Å². The molecule has 0 aromatic carbocycles. The number of hydrogen-bond acceptors (Lipinski definition) is 3. The monoisotopic (exact) mass is 234 g/mol. The third-order valence-electron chi connectivity index (χ3n) is 3.42. The van der Waals surface area contributed by atoms with Crippen molar-refractivity contribution in [2.24, 2.45) is 5.92 Å². The van der Waals surface area contributed by atoms with Crippen molar-refractivity contribution in [3.05, 3.63) is 24.0 Å². The summed E-state index contributed by atoms with van der Waals surface area (Å²) in [5.74, 6) is 0.885. The lowest BCUT2D eigenvalue weighted by molar-refractivity contribution is 0.169. The minimum atomic E-state index is -0.428. The van der Waals surface area contributed by atoms with E-state index in [4.69, 9.17) is 0 Å². The van der Waals surface area contributed by atoms with Crippen molar-refractivity contribution in [1.29, 1.82) is 0 Å². The molecule has 0 unspecified atom stereocenters. The largest absolute Gasteiger partial charge is 0.387 e. The molecule has 17 heavy (non-hydrogen) atoms. The van der Waals surface area contributed by atoms with E-state index in [0.29, 0.717) is 6.42 Å². The molecule has 1 aromatic heterocycles. The second-order valence-corrected chi connectivity index (χ2v) is 4.85. The Morgan fingerprint density at radius 1 is 1.41 bits per heavy atom. The van der Waals surface area contributed by atoms with Gasteiger partial charge in [-0.15, -0.1) is 0 Å². The van der Waals surface area contributed by atoms with E-state index in [2.05, 4.69) is 22.9 Å². The Balaban J connectivity index is 2.04. The molecular formula is C14H22N2O. The summed E-state index contributed by atoms with van der Waals surface area (Å²) >= 11 is 0. The standard InChI is InChI=1S/C14H22N2O/c1-3-14(17)13-8-7-12(9-15-13)16(4-2)10-11-5-6-11/h7-9,11,14,17H,3-6,10H2,1-2H3/t14-/m0/s1. The van der Waals surface area contributed by atoms with Crippen LogP contribution in [-0.2, 0) is 0 Å². The van der Waals surface area contributed by atoms with Crippen molar-refractivity contribution >= 4 is 5.69 Å². The highest BCUT2D eigenvalue weighted by Crippen LogP contribution is 2.31. The molecule has 1 N–H and O–H groups in total. The first-order valence-corrected chi connectivity index (χ1v) is 6.63. The van der Waals surface area contributed by atoms with Gasteiger partial charge >= 0.3 is 0 Å². The molecule has 1 heterocycles. The first kappa shape index (κ1) is 12.4. The van der Waals surface area contributed by atoms with E-state index in [0.717, 1.165) is 24.7 Å². The van der Waals surface area contributed by atoms with Crippen LogP contribution in [0.3, 0.4) is 0 Å². The molecule has 1 aliphatic carbocycles. The van der Waals surface area contributed by atoms with Gasteiger partial charge in [0.15, 0.2) is 0 Å². The number of hydrogen-bond donors (Lipinski definition) is 1. The Morgan fingerprint density at radius 3 is 2.65 bits per heavy atom. The van der Waals surface area contributed by atoms with Gasteiger partial charge in [0.2, 0.25) is 0 Å². The predicted octanol–water partition coefficient (Wildman–Crippen LogP) is 2.76. The summed E-state index contributed by atoms with van der Waals surface area (Å²) < 4.78 is 0. The lowest BCUT2D eigenvalue weighted by Gasteiger charge is -2.23. The van der Waals surface area contributed by atoms with Crippen LogP contribution >= 0.6 is 0 Å².